The maximum absolute atomic E-state index is 6.09. The van der Waals surface area contributed by atoms with Crippen LogP contribution in [0.15, 0.2) is 22.0 Å². The minimum Gasteiger partial charge on any atom is -0.127 e. The largest absolute Gasteiger partial charge is 0.127 e. The van der Waals surface area contributed by atoms with Gasteiger partial charge in [-0.15, -0.1) is 22.9 Å². The van der Waals surface area contributed by atoms with Crippen LogP contribution in [0.2, 0.25) is 5.02 Å². The van der Waals surface area contributed by atoms with E-state index in [4.69, 9.17) is 23.2 Å². The Morgan fingerprint density at radius 2 is 2.15 bits per heavy atom. The first-order valence-corrected chi connectivity index (χ1v) is 6.17. The minimum absolute atomic E-state index is 0.528. The Kier molecular flexibility index (Phi) is 2.84. The van der Waals surface area contributed by atoms with Gasteiger partial charge < -0.3 is 0 Å². The summed E-state index contributed by atoms with van der Waals surface area (Å²) in [6.45, 7) is 0. The summed E-state index contributed by atoms with van der Waals surface area (Å²) in [6.07, 6.45) is 0. The average Bonchev–Trinajstić information content (AvgIpc) is 2.43. The monoisotopic (exact) mass is 294 g/mol. The Bertz CT molecular complexity index is 450. The lowest BCUT2D eigenvalue weighted by molar-refractivity contribution is 1.43. The third kappa shape index (κ3) is 1.73. The number of rotatable bonds is 1. The second-order valence-electron chi connectivity index (χ2n) is 2.65. The number of thiophene rings is 1. The summed E-state index contributed by atoms with van der Waals surface area (Å²) in [5.74, 6) is 0.528. The molecule has 0 atom stereocenters. The molecule has 0 spiro atoms. The zero-order valence-corrected chi connectivity index (χ0v) is 10.4. The first-order valence-electron chi connectivity index (χ1n) is 3.65. The van der Waals surface area contributed by atoms with Crippen LogP contribution in [0.25, 0.3) is 10.1 Å². The fourth-order valence-corrected chi connectivity index (χ4v) is 3.20. The van der Waals surface area contributed by atoms with Gasteiger partial charge in [0.2, 0.25) is 0 Å². The van der Waals surface area contributed by atoms with Crippen LogP contribution < -0.4 is 0 Å². The molecule has 1 heterocycles. The molecule has 0 bridgehead atoms. The number of halogens is 3. The number of alkyl halides is 1. The molecular formula is C9H5BrCl2S. The summed E-state index contributed by atoms with van der Waals surface area (Å²) in [7, 11) is 0. The van der Waals surface area contributed by atoms with E-state index in [1.807, 2.05) is 18.2 Å². The van der Waals surface area contributed by atoms with Crippen molar-refractivity contribution in [2.45, 2.75) is 5.88 Å². The van der Waals surface area contributed by atoms with Gasteiger partial charge in [-0.1, -0.05) is 17.7 Å². The van der Waals surface area contributed by atoms with Crippen LogP contribution in [0.1, 0.15) is 5.56 Å². The van der Waals surface area contributed by atoms with Gasteiger partial charge in [-0.2, -0.15) is 0 Å². The number of benzene rings is 1. The van der Waals surface area contributed by atoms with Gasteiger partial charge in [0.15, 0.2) is 0 Å². The van der Waals surface area contributed by atoms with Crippen molar-refractivity contribution in [3.05, 3.63) is 32.6 Å². The van der Waals surface area contributed by atoms with Gasteiger partial charge in [0.05, 0.1) is 8.81 Å². The summed E-state index contributed by atoms with van der Waals surface area (Å²) in [6, 6.07) is 6.11. The van der Waals surface area contributed by atoms with E-state index in [2.05, 4.69) is 15.9 Å². The lowest BCUT2D eigenvalue weighted by Crippen LogP contribution is -1.74. The van der Waals surface area contributed by atoms with Gasteiger partial charge in [-0.3, -0.25) is 0 Å². The van der Waals surface area contributed by atoms with Crippen molar-refractivity contribution in [2.75, 3.05) is 0 Å². The molecule has 68 valence electrons. The van der Waals surface area contributed by atoms with Gasteiger partial charge >= 0.3 is 0 Å². The number of hydrogen-bond donors (Lipinski definition) is 0. The molecule has 0 radical (unpaired) electrons. The molecule has 2 aromatic rings. The zero-order chi connectivity index (χ0) is 9.42. The highest BCUT2D eigenvalue weighted by molar-refractivity contribution is 9.11. The topological polar surface area (TPSA) is 0 Å². The molecular weight excluding hydrogens is 291 g/mol. The third-order valence-electron chi connectivity index (χ3n) is 1.81. The van der Waals surface area contributed by atoms with Crippen molar-refractivity contribution in [3.63, 3.8) is 0 Å². The predicted molar refractivity (Wildman–Crippen MR) is 64.1 cm³/mol. The van der Waals surface area contributed by atoms with Crippen molar-refractivity contribution in [2.24, 2.45) is 0 Å². The molecule has 13 heavy (non-hydrogen) atoms. The van der Waals surface area contributed by atoms with Crippen LogP contribution in [0.3, 0.4) is 0 Å². The Labute approximate surface area is 98.6 Å². The molecule has 2 rings (SSSR count). The van der Waals surface area contributed by atoms with Gasteiger partial charge in [-0.05, 0) is 33.6 Å². The molecule has 0 saturated carbocycles. The quantitative estimate of drug-likeness (QED) is 0.645. The number of hydrogen-bond acceptors (Lipinski definition) is 1. The smallest absolute Gasteiger partial charge is 0.0897 e. The first-order chi connectivity index (χ1) is 6.22. The lowest BCUT2D eigenvalue weighted by atomic mass is 10.2. The molecule has 0 aliphatic rings. The molecule has 1 aromatic carbocycles. The van der Waals surface area contributed by atoms with Gasteiger partial charge in [0.1, 0.15) is 0 Å². The van der Waals surface area contributed by atoms with E-state index < -0.39 is 0 Å². The van der Waals surface area contributed by atoms with Crippen LogP contribution in [0.5, 0.6) is 0 Å². The molecule has 0 aliphatic carbocycles. The third-order valence-corrected chi connectivity index (χ3v) is 4.69. The summed E-state index contributed by atoms with van der Waals surface area (Å²) in [4.78, 5) is 0. The second kappa shape index (κ2) is 3.77. The molecule has 1 aromatic heterocycles. The molecule has 0 N–H and O–H groups in total. The molecule has 0 saturated heterocycles. The zero-order valence-electron chi connectivity index (χ0n) is 6.48. The predicted octanol–water partition coefficient (Wildman–Crippen LogP) is 5.06. The van der Waals surface area contributed by atoms with Crippen LogP contribution in [-0.4, -0.2) is 0 Å². The Morgan fingerprint density at radius 1 is 1.38 bits per heavy atom. The van der Waals surface area contributed by atoms with Crippen molar-refractivity contribution in [1.82, 2.24) is 0 Å². The van der Waals surface area contributed by atoms with E-state index in [1.165, 1.54) is 4.70 Å². The molecule has 0 unspecified atom stereocenters. The van der Waals surface area contributed by atoms with E-state index in [1.54, 1.807) is 11.3 Å². The summed E-state index contributed by atoms with van der Waals surface area (Å²) in [5, 5.41) is 1.86. The average molecular weight is 296 g/mol. The molecule has 0 fully saturated rings. The van der Waals surface area contributed by atoms with Crippen molar-refractivity contribution in [3.8, 4) is 0 Å². The fourth-order valence-electron chi connectivity index (χ4n) is 1.17. The Hall–Kier alpha value is 0.240. The highest BCUT2D eigenvalue weighted by atomic mass is 79.9. The molecule has 4 heteroatoms. The number of fused-ring (bicyclic) bond motifs is 1. The van der Waals surface area contributed by atoms with Gasteiger partial charge in [0, 0.05) is 16.0 Å². The van der Waals surface area contributed by atoms with E-state index >= 15 is 0 Å². The van der Waals surface area contributed by atoms with Crippen molar-refractivity contribution >= 4 is 60.6 Å². The van der Waals surface area contributed by atoms with Crippen molar-refractivity contribution < 1.29 is 0 Å². The second-order valence-corrected chi connectivity index (χ2v) is 5.67. The summed E-state index contributed by atoms with van der Waals surface area (Å²) in [5.41, 5.74) is 1.10. The van der Waals surface area contributed by atoms with Gasteiger partial charge in [0.25, 0.3) is 0 Å². The highest BCUT2D eigenvalue weighted by Gasteiger charge is 2.07. The van der Waals surface area contributed by atoms with Crippen molar-refractivity contribution in [1.29, 1.82) is 0 Å². The molecule has 0 nitrogen and oxygen atoms in total. The lowest BCUT2D eigenvalue weighted by Gasteiger charge is -1.94. The van der Waals surface area contributed by atoms with E-state index in [9.17, 15) is 0 Å². The fraction of sp³-hybridized carbons (Fsp3) is 0.111. The Morgan fingerprint density at radius 3 is 2.85 bits per heavy atom. The van der Waals surface area contributed by atoms with Crippen LogP contribution in [-0.2, 0) is 5.88 Å². The van der Waals surface area contributed by atoms with E-state index in [-0.39, 0.29) is 0 Å². The Balaban J connectivity index is 2.75. The molecule has 0 aliphatic heterocycles. The summed E-state index contributed by atoms with van der Waals surface area (Å²) < 4.78 is 2.17. The maximum atomic E-state index is 6.09. The normalized spacial score (nSPS) is 11.0. The standard InChI is InChI=1S/C9H5BrCl2S/c10-9-8(12)6-3-5(4-11)1-2-7(6)13-9/h1-3H,4H2. The van der Waals surface area contributed by atoms with Crippen LogP contribution in [0.4, 0.5) is 0 Å². The SMILES string of the molecule is ClCc1ccc2sc(Br)c(Cl)c2c1. The highest BCUT2D eigenvalue weighted by Crippen LogP contribution is 2.39. The van der Waals surface area contributed by atoms with Crippen LogP contribution in [0, 0.1) is 0 Å². The minimum atomic E-state index is 0.528. The maximum Gasteiger partial charge on any atom is 0.0897 e. The van der Waals surface area contributed by atoms with Gasteiger partial charge in [-0.25, -0.2) is 0 Å². The van der Waals surface area contributed by atoms with Crippen LogP contribution >= 0.6 is 50.5 Å². The molecule has 0 amide bonds. The summed E-state index contributed by atoms with van der Waals surface area (Å²) >= 11 is 16.9. The van der Waals surface area contributed by atoms with E-state index in [0.29, 0.717) is 5.88 Å². The van der Waals surface area contributed by atoms with E-state index in [0.717, 1.165) is 19.8 Å². The first kappa shape index (κ1) is 9.78.